The third kappa shape index (κ3) is 2.60. The Hall–Kier alpha value is -1.97. The molecule has 3 aliphatic carbocycles. The smallest absolute Gasteiger partial charge is 0.163 e. The lowest BCUT2D eigenvalue weighted by Crippen LogP contribution is -2.57. The standard InChI is InChI=1S/C23H28O4/c1-3-4-7-14(2)15-12-13-18-21(15)23(19(25)10-6-11-20(23)26)22-16(24)8-5-9-17(22)27-18/h12-13,18,21H,3-11H2,1-2H3/b15-14+/t18-,21+/m0/s1. The SMILES string of the molecule is CCCC/C(C)=C1\C=C[C@@H]2OC3=C(C(=O)CCC3)C3(C(=O)CCCC3=O)[C@H]12. The van der Waals surface area contributed by atoms with Crippen molar-refractivity contribution in [3.8, 4) is 0 Å². The third-order valence-corrected chi connectivity index (χ3v) is 6.72. The molecule has 0 N–H and O–H groups in total. The van der Waals surface area contributed by atoms with Crippen LogP contribution in [0.2, 0.25) is 0 Å². The predicted molar refractivity (Wildman–Crippen MR) is 102 cm³/mol. The molecule has 144 valence electrons. The van der Waals surface area contributed by atoms with Gasteiger partial charge in [0.25, 0.3) is 0 Å². The van der Waals surface area contributed by atoms with Crippen LogP contribution < -0.4 is 0 Å². The molecule has 0 aromatic carbocycles. The lowest BCUT2D eigenvalue weighted by Gasteiger charge is -2.48. The van der Waals surface area contributed by atoms with Gasteiger partial charge in [-0.3, -0.25) is 14.4 Å². The highest BCUT2D eigenvalue weighted by Crippen LogP contribution is 2.57. The minimum absolute atomic E-state index is 0.0595. The van der Waals surface area contributed by atoms with Gasteiger partial charge < -0.3 is 4.74 Å². The van der Waals surface area contributed by atoms with Gasteiger partial charge in [-0.25, -0.2) is 0 Å². The van der Waals surface area contributed by atoms with Crippen molar-refractivity contribution in [3.05, 3.63) is 34.6 Å². The summed E-state index contributed by atoms with van der Waals surface area (Å²) in [7, 11) is 0. The van der Waals surface area contributed by atoms with Gasteiger partial charge in [0.1, 0.15) is 17.3 Å². The van der Waals surface area contributed by atoms with Crippen LogP contribution in [0.25, 0.3) is 0 Å². The maximum atomic E-state index is 13.4. The van der Waals surface area contributed by atoms with Crippen molar-refractivity contribution in [2.75, 3.05) is 0 Å². The lowest BCUT2D eigenvalue weighted by molar-refractivity contribution is -0.151. The van der Waals surface area contributed by atoms with Gasteiger partial charge in [-0.15, -0.1) is 0 Å². The maximum absolute atomic E-state index is 13.4. The molecule has 1 saturated carbocycles. The van der Waals surface area contributed by atoms with E-state index in [1.165, 1.54) is 5.57 Å². The van der Waals surface area contributed by atoms with Gasteiger partial charge in [0, 0.05) is 31.6 Å². The molecule has 0 radical (unpaired) electrons. The van der Waals surface area contributed by atoms with Gasteiger partial charge >= 0.3 is 0 Å². The second-order valence-electron chi connectivity index (χ2n) is 8.34. The first-order valence-corrected chi connectivity index (χ1v) is 10.4. The van der Waals surface area contributed by atoms with E-state index in [0.717, 1.165) is 31.3 Å². The number of unbranched alkanes of at least 4 members (excludes halogenated alkanes) is 1. The molecule has 0 saturated heterocycles. The molecule has 0 aromatic rings. The number of Topliss-reactive ketones (excluding diaryl/α,β-unsaturated/α-hetero) is 3. The summed E-state index contributed by atoms with van der Waals surface area (Å²) in [4.78, 5) is 39.7. The van der Waals surface area contributed by atoms with Crippen molar-refractivity contribution in [1.82, 2.24) is 0 Å². The van der Waals surface area contributed by atoms with Crippen molar-refractivity contribution in [2.45, 2.75) is 77.7 Å². The van der Waals surface area contributed by atoms with Gasteiger partial charge in [-0.2, -0.15) is 0 Å². The molecule has 0 aromatic heterocycles. The fourth-order valence-corrected chi connectivity index (χ4v) is 5.45. The highest BCUT2D eigenvalue weighted by Gasteiger charge is 2.64. The van der Waals surface area contributed by atoms with Crippen LogP contribution >= 0.6 is 0 Å². The Balaban J connectivity index is 1.92. The average Bonchev–Trinajstić information content (AvgIpc) is 3.07. The molecule has 1 spiro atoms. The Kier molecular flexibility index (Phi) is 4.69. The quantitative estimate of drug-likeness (QED) is 0.693. The molecular formula is C23H28O4. The van der Waals surface area contributed by atoms with Crippen LogP contribution in [0, 0.1) is 11.3 Å². The Labute approximate surface area is 160 Å². The van der Waals surface area contributed by atoms with E-state index in [4.69, 9.17) is 4.74 Å². The van der Waals surface area contributed by atoms with Gasteiger partial charge in [0.15, 0.2) is 17.3 Å². The number of carbonyl (C=O) groups excluding carboxylic acids is 3. The summed E-state index contributed by atoms with van der Waals surface area (Å²) in [6, 6.07) is 0. The van der Waals surface area contributed by atoms with Crippen molar-refractivity contribution >= 4 is 17.3 Å². The van der Waals surface area contributed by atoms with E-state index < -0.39 is 5.41 Å². The van der Waals surface area contributed by atoms with E-state index in [1.807, 2.05) is 12.2 Å². The number of allylic oxidation sites excluding steroid dienone is 4. The molecule has 4 nitrogen and oxygen atoms in total. The van der Waals surface area contributed by atoms with Crippen molar-refractivity contribution in [1.29, 1.82) is 0 Å². The van der Waals surface area contributed by atoms with Crippen LogP contribution in [0.1, 0.15) is 71.6 Å². The summed E-state index contributed by atoms with van der Waals surface area (Å²) in [6.45, 7) is 4.25. The highest BCUT2D eigenvalue weighted by molar-refractivity contribution is 6.20. The second kappa shape index (κ2) is 6.88. The number of fused-ring (bicyclic) bond motifs is 3. The van der Waals surface area contributed by atoms with Crippen molar-refractivity contribution in [3.63, 3.8) is 0 Å². The molecule has 4 rings (SSSR count). The number of rotatable bonds is 3. The van der Waals surface area contributed by atoms with Crippen LogP contribution in [-0.4, -0.2) is 23.5 Å². The van der Waals surface area contributed by atoms with Gasteiger partial charge in [0.2, 0.25) is 0 Å². The first-order chi connectivity index (χ1) is 13.0. The Morgan fingerprint density at radius 1 is 1.11 bits per heavy atom. The zero-order valence-corrected chi connectivity index (χ0v) is 16.3. The molecule has 1 fully saturated rings. The van der Waals surface area contributed by atoms with Crippen LogP contribution in [0.3, 0.4) is 0 Å². The minimum atomic E-state index is -1.31. The van der Waals surface area contributed by atoms with Crippen molar-refractivity contribution in [2.24, 2.45) is 11.3 Å². The average molecular weight is 368 g/mol. The first kappa shape index (κ1) is 18.4. The molecular weight excluding hydrogens is 340 g/mol. The number of carbonyl (C=O) groups is 3. The Bertz CT molecular complexity index is 779. The predicted octanol–water partition coefficient (Wildman–Crippen LogP) is 4.39. The van der Waals surface area contributed by atoms with Crippen LogP contribution in [0.15, 0.2) is 34.6 Å². The summed E-state index contributed by atoms with van der Waals surface area (Å²) in [5.74, 6) is 0.0491. The zero-order chi connectivity index (χ0) is 19.2. The first-order valence-electron chi connectivity index (χ1n) is 10.4. The summed E-state index contributed by atoms with van der Waals surface area (Å²) >= 11 is 0. The molecule has 0 bridgehead atoms. The summed E-state index contributed by atoms with van der Waals surface area (Å²) in [5, 5.41) is 0. The monoisotopic (exact) mass is 368 g/mol. The molecule has 4 aliphatic rings. The maximum Gasteiger partial charge on any atom is 0.163 e. The van der Waals surface area contributed by atoms with E-state index in [1.54, 1.807) is 0 Å². The molecule has 2 atom stereocenters. The van der Waals surface area contributed by atoms with E-state index >= 15 is 0 Å². The van der Waals surface area contributed by atoms with Gasteiger partial charge in [0.05, 0.1) is 5.57 Å². The van der Waals surface area contributed by atoms with E-state index in [0.29, 0.717) is 43.4 Å². The fraction of sp³-hybridized carbons (Fsp3) is 0.609. The lowest BCUT2D eigenvalue weighted by atomic mass is 9.54. The van der Waals surface area contributed by atoms with E-state index in [9.17, 15) is 14.4 Å². The highest BCUT2D eigenvalue weighted by atomic mass is 16.5. The largest absolute Gasteiger partial charge is 0.490 e. The number of hydrogen-bond donors (Lipinski definition) is 0. The van der Waals surface area contributed by atoms with Crippen LogP contribution in [0.4, 0.5) is 0 Å². The fourth-order valence-electron chi connectivity index (χ4n) is 5.45. The molecule has 0 amide bonds. The molecule has 27 heavy (non-hydrogen) atoms. The second-order valence-corrected chi connectivity index (χ2v) is 8.34. The Morgan fingerprint density at radius 3 is 2.52 bits per heavy atom. The van der Waals surface area contributed by atoms with E-state index in [-0.39, 0.29) is 29.4 Å². The normalized spacial score (nSPS) is 31.1. The van der Waals surface area contributed by atoms with Crippen LogP contribution in [0.5, 0.6) is 0 Å². The Morgan fingerprint density at radius 2 is 1.81 bits per heavy atom. The molecule has 1 aliphatic heterocycles. The summed E-state index contributed by atoms with van der Waals surface area (Å²) in [6.07, 6.45) is 9.96. The van der Waals surface area contributed by atoms with Gasteiger partial charge in [-0.1, -0.05) is 25.0 Å². The van der Waals surface area contributed by atoms with Crippen LogP contribution in [-0.2, 0) is 19.1 Å². The topological polar surface area (TPSA) is 60.4 Å². The summed E-state index contributed by atoms with van der Waals surface area (Å²) in [5.41, 5.74) is 1.36. The van der Waals surface area contributed by atoms with Crippen molar-refractivity contribution < 1.29 is 19.1 Å². The minimum Gasteiger partial charge on any atom is -0.490 e. The number of ether oxygens (including phenoxy) is 1. The number of ketones is 3. The molecule has 0 unspecified atom stereocenters. The molecule has 4 heteroatoms. The third-order valence-electron chi connectivity index (χ3n) is 6.72. The summed E-state index contributed by atoms with van der Waals surface area (Å²) < 4.78 is 6.23. The van der Waals surface area contributed by atoms with Gasteiger partial charge in [-0.05, 0) is 44.3 Å². The van der Waals surface area contributed by atoms with E-state index in [2.05, 4.69) is 13.8 Å². The number of hydrogen-bond acceptors (Lipinski definition) is 4. The zero-order valence-electron chi connectivity index (χ0n) is 16.3. The molecule has 1 heterocycles.